The monoisotopic (exact) mass is 404 g/mol. The average molecular weight is 404 g/mol. The van der Waals surface area contributed by atoms with Crippen molar-refractivity contribution in [1.82, 2.24) is 14.8 Å². The summed E-state index contributed by atoms with van der Waals surface area (Å²) in [5.74, 6) is -1.41. The van der Waals surface area contributed by atoms with Gasteiger partial charge in [0.15, 0.2) is 0 Å². The summed E-state index contributed by atoms with van der Waals surface area (Å²) in [5.41, 5.74) is 2.26. The highest BCUT2D eigenvalue weighted by Gasteiger charge is 2.33. The van der Waals surface area contributed by atoms with E-state index in [2.05, 4.69) is 5.32 Å². The highest BCUT2D eigenvalue weighted by molar-refractivity contribution is 6.31. The van der Waals surface area contributed by atoms with Crippen molar-refractivity contribution < 1.29 is 19.3 Å². The molecule has 0 bridgehead atoms. The summed E-state index contributed by atoms with van der Waals surface area (Å²) in [5, 5.41) is 13.8. The van der Waals surface area contributed by atoms with Crippen molar-refractivity contribution in [3.05, 3.63) is 81.5 Å². The number of nitro groups is 1. The standard InChI is InChI=1S/C21H16N4O5/c1-23-20(27)17(19(26)22-21(23)28)10-14-12-24(18-5-3-2-4-16(14)18)11-13-6-8-15(9-7-13)25(29)30/h2-10,12H,11H2,1H3,(H,22,26,28). The van der Waals surface area contributed by atoms with E-state index in [1.807, 2.05) is 28.8 Å². The number of barbiturate groups is 1. The van der Waals surface area contributed by atoms with Crippen LogP contribution in [0.4, 0.5) is 10.5 Å². The zero-order valence-electron chi connectivity index (χ0n) is 15.9. The number of carbonyl (C=O) groups is 3. The third-order valence-electron chi connectivity index (χ3n) is 4.92. The molecule has 9 heteroatoms. The van der Waals surface area contributed by atoms with Gasteiger partial charge in [0.05, 0.1) is 4.92 Å². The Morgan fingerprint density at radius 1 is 1.07 bits per heavy atom. The van der Waals surface area contributed by atoms with Crippen molar-refractivity contribution >= 4 is 40.5 Å². The van der Waals surface area contributed by atoms with E-state index in [1.54, 1.807) is 18.3 Å². The normalized spacial score (nSPS) is 15.7. The summed E-state index contributed by atoms with van der Waals surface area (Å²) in [7, 11) is 1.30. The fourth-order valence-electron chi connectivity index (χ4n) is 3.34. The van der Waals surface area contributed by atoms with Gasteiger partial charge in [0.2, 0.25) is 0 Å². The largest absolute Gasteiger partial charge is 0.342 e. The Bertz CT molecular complexity index is 1240. The molecule has 4 rings (SSSR count). The van der Waals surface area contributed by atoms with Gasteiger partial charge < -0.3 is 4.57 Å². The number of likely N-dealkylation sites (N-methyl/N-ethyl adjacent to an activating group) is 1. The maximum Gasteiger partial charge on any atom is 0.331 e. The fourth-order valence-corrected chi connectivity index (χ4v) is 3.34. The molecule has 0 spiro atoms. The van der Waals surface area contributed by atoms with Crippen LogP contribution in [0.3, 0.4) is 0 Å². The minimum Gasteiger partial charge on any atom is -0.342 e. The van der Waals surface area contributed by atoms with Crippen molar-refractivity contribution in [2.75, 3.05) is 7.05 Å². The first-order valence-electron chi connectivity index (χ1n) is 9.01. The third kappa shape index (κ3) is 3.32. The molecule has 1 aromatic heterocycles. The maximum atomic E-state index is 12.4. The molecule has 1 aliphatic rings. The average Bonchev–Trinajstić information content (AvgIpc) is 3.07. The molecule has 2 aromatic carbocycles. The Morgan fingerprint density at radius 2 is 1.77 bits per heavy atom. The van der Waals surface area contributed by atoms with Crippen LogP contribution in [-0.2, 0) is 16.1 Å². The van der Waals surface area contributed by atoms with E-state index in [0.29, 0.717) is 12.1 Å². The van der Waals surface area contributed by atoms with Gasteiger partial charge in [-0.25, -0.2) is 4.79 Å². The molecule has 1 aliphatic heterocycles. The van der Waals surface area contributed by atoms with E-state index >= 15 is 0 Å². The lowest BCUT2D eigenvalue weighted by atomic mass is 10.1. The first kappa shape index (κ1) is 19.1. The van der Waals surface area contributed by atoms with Gasteiger partial charge in [-0.2, -0.15) is 0 Å². The molecule has 30 heavy (non-hydrogen) atoms. The molecule has 0 unspecified atom stereocenters. The Balaban J connectivity index is 1.74. The number of fused-ring (bicyclic) bond motifs is 1. The number of carbonyl (C=O) groups excluding carboxylic acids is 3. The summed E-state index contributed by atoms with van der Waals surface area (Å²) in [4.78, 5) is 47.4. The number of nitrogens with zero attached hydrogens (tertiary/aromatic N) is 3. The van der Waals surface area contributed by atoms with Crippen LogP contribution in [0.5, 0.6) is 0 Å². The lowest BCUT2D eigenvalue weighted by Gasteiger charge is -2.22. The number of urea groups is 1. The molecule has 1 fully saturated rings. The fraction of sp³-hybridized carbons (Fsp3) is 0.0952. The number of rotatable bonds is 4. The van der Waals surface area contributed by atoms with E-state index in [0.717, 1.165) is 21.4 Å². The first-order valence-corrected chi connectivity index (χ1v) is 9.01. The number of benzene rings is 2. The van der Waals surface area contributed by atoms with Crippen LogP contribution in [0.25, 0.3) is 17.0 Å². The summed E-state index contributed by atoms with van der Waals surface area (Å²) >= 11 is 0. The van der Waals surface area contributed by atoms with Crippen LogP contribution in [0.1, 0.15) is 11.1 Å². The lowest BCUT2D eigenvalue weighted by molar-refractivity contribution is -0.384. The van der Waals surface area contributed by atoms with Gasteiger partial charge in [-0.15, -0.1) is 0 Å². The minimum absolute atomic E-state index is 0.0158. The Hall–Kier alpha value is -4.27. The van der Waals surface area contributed by atoms with Crippen molar-refractivity contribution in [2.24, 2.45) is 0 Å². The van der Waals surface area contributed by atoms with Gasteiger partial charge in [-0.05, 0) is 17.7 Å². The summed E-state index contributed by atoms with van der Waals surface area (Å²) < 4.78 is 1.93. The van der Waals surface area contributed by atoms with E-state index in [-0.39, 0.29) is 11.3 Å². The number of hydrogen-bond donors (Lipinski definition) is 1. The number of nitro benzene ring substituents is 1. The van der Waals surface area contributed by atoms with Crippen LogP contribution in [0, 0.1) is 10.1 Å². The molecule has 2 heterocycles. The number of nitrogens with one attached hydrogen (secondary N) is 1. The molecule has 3 aromatic rings. The highest BCUT2D eigenvalue weighted by atomic mass is 16.6. The highest BCUT2D eigenvalue weighted by Crippen LogP contribution is 2.26. The van der Waals surface area contributed by atoms with E-state index in [4.69, 9.17) is 0 Å². The predicted octanol–water partition coefficient (Wildman–Crippen LogP) is 2.69. The van der Waals surface area contributed by atoms with Crippen LogP contribution >= 0.6 is 0 Å². The minimum atomic E-state index is -0.761. The first-order chi connectivity index (χ1) is 14.3. The van der Waals surface area contributed by atoms with Gasteiger partial charge in [-0.3, -0.25) is 29.9 Å². The van der Waals surface area contributed by atoms with Crippen LogP contribution in [0.2, 0.25) is 0 Å². The molecule has 0 saturated carbocycles. The maximum absolute atomic E-state index is 12.4. The van der Waals surface area contributed by atoms with Crippen LogP contribution < -0.4 is 5.32 Å². The molecule has 1 N–H and O–H groups in total. The molecular formula is C21H16N4O5. The van der Waals surface area contributed by atoms with Crippen molar-refractivity contribution in [1.29, 1.82) is 0 Å². The van der Waals surface area contributed by atoms with E-state index in [9.17, 15) is 24.5 Å². The smallest absolute Gasteiger partial charge is 0.331 e. The summed E-state index contributed by atoms with van der Waals surface area (Å²) in [6, 6.07) is 13.0. The number of non-ortho nitro benzene ring substituents is 1. The topological polar surface area (TPSA) is 115 Å². The van der Waals surface area contributed by atoms with Gasteiger partial charge in [0.25, 0.3) is 17.5 Å². The number of hydrogen-bond acceptors (Lipinski definition) is 5. The van der Waals surface area contributed by atoms with Gasteiger partial charge in [0, 0.05) is 48.4 Å². The molecule has 1 saturated heterocycles. The van der Waals surface area contributed by atoms with Gasteiger partial charge >= 0.3 is 6.03 Å². The molecule has 150 valence electrons. The molecule has 9 nitrogen and oxygen atoms in total. The van der Waals surface area contributed by atoms with Crippen LogP contribution in [-0.4, -0.2) is 39.3 Å². The zero-order chi connectivity index (χ0) is 21.4. The molecule has 0 atom stereocenters. The number of aromatic nitrogens is 1. The molecular weight excluding hydrogens is 388 g/mol. The Labute approximate surface area is 170 Å². The van der Waals surface area contributed by atoms with Gasteiger partial charge in [0.1, 0.15) is 5.57 Å². The number of amides is 4. The second-order valence-electron chi connectivity index (χ2n) is 6.83. The Kier molecular flexibility index (Phi) is 4.63. The molecule has 0 aliphatic carbocycles. The Morgan fingerprint density at radius 3 is 2.47 bits per heavy atom. The second kappa shape index (κ2) is 7.28. The van der Waals surface area contributed by atoms with Crippen molar-refractivity contribution in [3.63, 3.8) is 0 Å². The van der Waals surface area contributed by atoms with Crippen LogP contribution in [0.15, 0.2) is 60.3 Å². The predicted molar refractivity (Wildman–Crippen MR) is 108 cm³/mol. The van der Waals surface area contributed by atoms with E-state index < -0.39 is 22.8 Å². The van der Waals surface area contributed by atoms with E-state index in [1.165, 1.54) is 25.3 Å². The van der Waals surface area contributed by atoms with Crippen molar-refractivity contribution in [2.45, 2.75) is 6.54 Å². The van der Waals surface area contributed by atoms with Crippen molar-refractivity contribution in [3.8, 4) is 0 Å². The quantitative estimate of drug-likeness (QED) is 0.311. The van der Waals surface area contributed by atoms with Gasteiger partial charge in [-0.1, -0.05) is 30.3 Å². The zero-order valence-corrected chi connectivity index (χ0v) is 15.9. The number of para-hydroxylation sites is 1. The summed E-state index contributed by atoms with van der Waals surface area (Å²) in [6.07, 6.45) is 3.27. The second-order valence-corrected chi connectivity index (χ2v) is 6.83. The lowest BCUT2D eigenvalue weighted by Crippen LogP contribution is -2.52. The number of imide groups is 2. The third-order valence-corrected chi connectivity index (χ3v) is 4.92. The SMILES string of the molecule is CN1C(=O)NC(=O)C(=Cc2cn(Cc3ccc([N+](=O)[O-])cc3)c3ccccc23)C1=O. The summed E-state index contributed by atoms with van der Waals surface area (Å²) in [6.45, 7) is 0.445. The molecule has 0 radical (unpaired) electrons. The molecule has 4 amide bonds.